The fourth-order valence-electron chi connectivity index (χ4n) is 1.37. The van der Waals surface area contributed by atoms with E-state index in [1.165, 1.54) is 0 Å². The van der Waals surface area contributed by atoms with Gasteiger partial charge in [0.2, 0.25) is 5.91 Å². The van der Waals surface area contributed by atoms with Crippen LogP contribution in [0.2, 0.25) is 0 Å². The van der Waals surface area contributed by atoms with Gasteiger partial charge in [0.15, 0.2) is 0 Å². The number of carbonyl (C=O) groups excluding carboxylic acids is 1. The van der Waals surface area contributed by atoms with Crippen LogP contribution in [0.4, 0.5) is 0 Å². The Hall–Kier alpha value is -0.690. The zero-order chi connectivity index (χ0) is 12.2. The summed E-state index contributed by atoms with van der Waals surface area (Å²) < 4.78 is 0. The van der Waals surface area contributed by atoms with Gasteiger partial charge in [0, 0.05) is 13.1 Å². The van der Waals surface area contributed by atoms with Crippen molar-refractivity contribution < 1.29 is 20.1 Å². The number of hydrogen-bond donors (Lipinski definition) is 4. The maximum Gasteiger partial charge on any atom is 0.236 e. The monoisotopic (exact) mass is 232 g/mol. The molecule has 0 atom stereocenters. The second-order valence-electron chi connectivity index (χ2n) is 4.34. The Morgan fingerprint density at radius 2 is 1.81 bits per heavy atom. The van der Waals surface area contributed by atoms with Crippen LogP contribution in [0.1, 0.15) is 12.8 Å². The van der Waals surface area contributed by atoms with Gasteiger partial charge in [-0.15, -0.1) is 0 Å². The van der Waals surface area contributed by atoms with Gasteiger partial charge in [-0.05, 0) is 12.8 Å². The van der Waals surface area contributed by atoms with Crippen LogP contribution in [0.25, 0.3) is 0 Å². The Labute approximate surface area is 94.9 Å². The molecule has 1 fully saturated rings. The minimum Gasteiger partial charge on any atom is -0.394 e. The van der Waals surface area contributed by atoms with E-state index in [-0.39, 0.29) is 12.5 Å². The summed E-state index contributed by atoms with van der Waals surface area (Å²) in [7, 11) is 1.74. The minimum absolute atomic E-state index is 0.00861. The number of aliphatic hydroxyl groups is 3. The second-order valence-corrected chi connectivity index (χ2v) is 4.34. The first-order chi connectivity index (χ1) is 7.58. The van der Waals surface area contributed by atoms with E-state index in [1.807, 2.05) is 0 Å². The highest BCUT2D eigenvalue weighted by atomic mass is 16.3. The van der Waals surface area contributed by atoms with Gasteiger partial charge in [-0.3, -0.25) is 10.1 Å². The third-order valence-electron chi connectivity index (χ3n) is 3.01. The van der Waals surface area contributed by atoms with E-state index >= 15 is 0 Å². The Morgan fingerprint density at radius 1 is 1.31 bits per heavy atom. The molecule has 6 heteroatoms. The van der Waals surface area contributed by atoms with Crippen molar-refractivity contribution in [2.24, 2.45) is 0 Å². The zero-order valence-corrected chi connectivity index (χ0v) is 9.52. The summed E-state index contributed by atoms with van der Waals surface area (Å²) in [6.45, 7) is -1.24. The zero-order valence-electron chi connectivity index (χ0n) is 9.52. The first kappa shape index (κ1) is 13.4. The molecule has 1 amide bonds. The van der Waals surface area contributed by atoms with E-state index in [9.17, 15) is 4.79 Å². The second kappa shape index (κ2) is 5.58. The number of likely N-dealkylation sites (N-methyl/N-ethyl adjacent to an activating group) is 1. The highest BCUT2D eigenvalue weighted by molar-refractivity contribution is 5.78. The minimum atomic E-state index is -1.18. The summed E-state index contributed by atoms with van der Waals surface area (Å²) in [4.78, 5) is 13.3. The van der Waals surface area contributed by atoms with Crippen molar-refractivity contribution in [2.45, 2.75) is 24.4 Å². The van der Waals surface area contributed by atoms with Crippen molar-refractivity contribution in [1.29, 1.82) is 0 Å². The van der Waals surface area contributed by atoms with E-state index in [0.717, 1.165) is 12.8 Å². The molecule has 16 heavy (non-hydrogen) atoms. The number of nitrogens with one attached hydrogen (secondary N) is 1. The molecule has 0 radical (unpaired) electrons. The van der Waals surface area contributed by atoms with Crippen molar-refractivity contribution in [1.82, 2.24) is 10.2 Å². The predicted octanol–water partition coefficient (Wildman–Crippen LogP) is -2.09. The van der Waals surface area contributed by atoms with Gasteiger partial charge in [-0.1, -0.05) is 0 Å². The Morgan fingerprint density at radius 3 is 2.19 bits per heavy atom. The average Bonchev–Trinajstić information content (AvgIpc) is 3.14. The Kier molecular flexibility index (Phi) is 4.67. The number of aliphatic hydroxyl groups excluding tert-OH is 3. The number of carbonyl (C=O) groups is 1. The van der Waals surface area contributed by atoms with Gasteiger partial charge in [0.1, 0.15) is 0 Å². The molecule has 0 heterocycles. The molecule has 0 aromatic heterocycles. The summed E-state index contributed by atoms with van der Waals surface area (Å²) in [5, 5.41) is 29.8. The molecule has 6 nitrogen and oxygen atoms in total. The smallest absolute Gasteiger partial charge is 0.236 e. The lowest BCUT2D eigenvalue weighted by Crippen LogP contribution is -2.57. The van der Waals surface area contributed by atoms with E-state index in [1.54, 1.807) is 11.9 Å². The molecule has 0 aromatic carbocycles. The lowest BCUT2D eigenvalue weighted by atomic mass is 10.0. The van der Waals surface area contributed by atoms with E-state index in [0.29, 0.717) is 6.04 Å². The summed E-state index contributed by atoms with van der Waals surface area (Å²) >= 11 is 0. The molecule has 0 aliphatic heterocycles. The third-order valence-corrected chi connectivity index (χ3v) is 3.01. The van der Waals surface area contributed by atoms with Gasteiger partial charge in [-0.2, -0.15) is 0 Å². The standard InChI is InChI=1S/C10H20N2O4/c1-12(8-2-3-8)9(16)4-11-10(5-13,6-14)7-15/h8,11,13-15H,2-7H2,1H3. The van der Waals surface area contributed by atoms with Crippen LogP contribution in [0.3, 0.4) is 0 Å². The summed E-state index contributed by atoms with van der Waals surface area (Å²) in [5.74, 6) is -0.0952. The van der Waals surface area contributed by atoms with Gasteiger partial charge >= 0.3 is 0 Å². The van der Waals surface area contributed by atoms with Crippen molar-refractivity contribution >= 4 is 5.91 Å². The third kappa shape index (κ3) is 3.15. The van der Waals surface area contributed by atoms with Crippen LogP contribution in [-0.2, 0) is 4.79 Å². The molecule has 4 N–H and O–H groups in total. The molecule has 0 unspecified atom stereocenters. The molecule has 0 bridgehead atoms. The number of nitrogens with zero attached hydrogens (tertiary/aromatic N) is 1. The van der Waals surface area contributed by atoms with Gasteiger partial charge < -0.3 is 20.2 Å². The highest BCUT2D eigenvalue weighted by Gasteiger charge is 2.32. The molecule has 1 saturated carbocycles. The van der Waals surface area contributed by atoms with Crippen molar-refractivity contribution in [3.8, 4) is 0 Å². The first-order valence-corrected chi connectivity index (χ1v) is 5.42. The summed E-state index contributed by atoms with van der Waals surface area (Å²) in [6.07, 6.45) is 2.07. The molecule has 1 aliphatic carbocycles. The molecular weight excluding hydrogens is 212 g/mol. The largest absolute Gasteiger partial charge is 0.394 e. The first-order valence-electron chi connectivity index (χ1n) is 5.42. The fourth-order valence-corrected chi connectivity index (χ4v) is 1.37. The fraction of sp³-hybridized carbons (Fsp3) is 0.900. The van der Waals surface area contributed by atoms with E-state index in [4.69, 9.17) is 15.3 Å². The molecule has 1 aliphatic rings. The highest BCUT2D eigenvalue weighted by Crippen LogP contribution is 2.25. The lowest BCUT2D eigenvalue weighted by Gasteiger charge is -2.29. The topological polar surface area (TPSA) is 93.0 Å². The van der Waals surface area contributed by atoms with Crippen LogP contribution in [0.5, 0.6) is 0 Å². The number of amides is 1. The molecule has 94 valence electrons. The number of rotatable bonds is 7. The molecule has 0 aromatic rings. The summed E-state index contributed by atoms with van der Waals surface area (Å²) in [5.41, 5.74) is -1.18. The SMILES string of the molecule is CN(C(=O)CNC(CO)(CO)CO)C1CC1. The Bertz CT molecular complexity index is 231. The van der Waals surface area contributed by atoms with Crippen molar-refractivity contribution in [3.05, 3.63) is 0 Å². The van der Waals surface area contributed by atoms with E-state index in [2.05, 4.69) is 5.32 Å². The van der Waals surface area contributed by atoms with Crippen LogP contribution < -0.4 is 5.32 Å². The van der Waals surface area contributed by atoms with Gasteiger partial charge in [-0.25, -0.2) is 0 Å². The maximum atomic E-state index is 11.6. The normalized spacial score (nSPS) is 16.2. The van der Waals surface area contributed by atoms with Crippen LogP contribution in [-0.4, -0.2) is 71.1 Å². The molecule has 1 rings (SSSR count). The van der Waals surface area contributed by atoms with E-state index < -0.39 is 25.4 Å². The van der Waals surface area contributed by atoms with Gasteiger partial charge in [0.05, 0.1) is 31.9 Å². The van der Waals surface area contributed by atoms with Crippen LogP contribution in [0, 0.1) is 0 Å². The summed E-state index contributed by atoms with van der Waals surface area (Å²) in [6, 6.07) is 0.334. The predicted molar refractivity (Wildman–Crippen MR) is 57.8 cm³/mol. The quantitative estimate of drug-likeness (QED) is 0.404. The lowest BCUT2D eigenvalue weighted by molar-refractivity contribution is -0.130. The van der Waals surface area contributed by atoms with Crippen molar-refractivity contribution in [2.75, 3.05) is 33.4 Å². The van der Waals surface area contributed by atoms with Crippen molar-refractivity contribution in [3.63, 3.8) is 0 Å². The van der Waals surface area contributed by atoms with Gasteiger partial charge in [0.25, 0.3) is 0 Å². The van der Waals surface area contributed by atoms with Crippen LogP contribution >= 0.6 is 0 Å². The average molecular weight is 232 g/mol. The molecular formula is C10H20N2O4. The number of hydrogen-bond acceptors (Lipinski definition) is 5. The Balaban J connectivity index is 2.38. The van der Waals surface area contributed by atoms with Crippen LogP contribution in [0.15, 0.2) is 0 Å². The maximum absolute atomic E-state index is 11.6. The molecule has 0 spiro atoms. The molecule has 0 saturated heterocycles.